The van der Waals surface area contributed by atoms with Crippen LogP contribution >= 0.6 is 0 Å². The maximum absolute atomic E-state index is 12.2. The van der Waals surface area contributed by atoms with Gasteiger partial charge in [0.25, 0.3) is 0 Å². The van der Waals surface area contributed by atoms with Crippen LogP contribution in [0.15, 0.2) is 18.2 Å². The molecular formula is C22H38N2O5Si. The maximum atomic E-state index is 12.2. The van der Waals surface area contributed by atoms with Crippen LogP contribution in [0.1, 0.15) is 52.7 Å². The molecule has 30 heavy (non-hydrogen) atoms. The molecule has 1 rings (SSSR count). The lowest BCUT2D eigenvalue weighted by Gasteiger charge is -2.36. The van der Waals surface area contributed by atoms with Crippen LogP contribution in [0.2, 0.25) is 18.1 Å². The van der Waals surface area contributed by atoms with Crippen molar-refractivity contribution in [2.75, 3.05) is 12.8 Å². The van der Waals surface area contributed by atoms with Crippen LogP contribution in [0.5, 0.6) is 0 Å². The third kappa shape index (κ3) is 7.99. The van der Waals surface area contributed by atoms with Crippen molar-refractivity contribution >= 4 is 26.1 Å². The minimum atomic E-state index is -1.87. The van der Waals surface area contributed by atoms with Gasteiger partial charge in [-0.25, -0.2) is 9.59 Å². The molecule has 0 aromatic heterocycles. The highest BCUT2D eigenvalue weighted by atomic mass is 28.4. The highest BCUT2D eigenvalue weighted by Gasteiger charge is 2.37. The SMILES string of the molecule is COC(=O)[C@@H](Cc1ccc(CO[Si](C)(C)C(C)(C)C)cc1N)NC(=O)OC(C)(C)C. The number of amides is 1. The Morgan fingerprint density at radius 1 is 1.13 bits per heavy atom. The monoisotopic (exact) mass is 438 g/mol. The average molecular weight is 439 g/mol. The van der Waals surface area contributed by atoms with Crippen molar-refractivity contribution in [2.45, 2.75) is 84.3 Å². The van der Waals surface area contributed by atoms with Crippen molar-refractivity contribution < 1.29 is 23.5 Å². The lowest BCUT2D eigenvalue weighted by Crippen LogP contribution is -2.45. The first-order valence-electron chi connectivity index (χ1n) is 10.1. The minimum absolute atomic E-state index is 0.125. The van der Waals surface area contributed by atoms with Gasteiger partial charge in [-0.05, 0) is 56.1 Å². The van der Waals surface area contributed by atoms with E-state index in [4.69, 9.17) is 19.6 Å². The molecule has 0 fully saturated rings. The predicted octanol–water partition coefficient (Wildman–Crippen LogP) is 4.40. The molecule has 0 aliphatic carbocycles. The molecule has 0 saturated heterocycles. The molecule has 0 aliphatic heterocycles. The molecule has 0 aliphatic rings. The Morgan fingerprint density at radius 2 is 1.73 bits per heavy atom. The fourth-order valence-electron chi connectivity index (χ4n) is 2.41. The molecule has 1 aromatic rings. The molecule has 0 saturated carbocycles. The Bertz CT molecular complexity index is 751. The second kappa shape index (κ2) is 9.83. The van der Waals surface area contributed by atoms with Crippen molar-refractivity contribution in [3.05, 3.63) is 29.3 Å². The predicted molar refractivity (Wildman–Crippen MR) is 122 cm³/mol. The number of methoxy groups -OCH3 is 1. The molecule has 0 unspecified atom stereocenters. The fourth-order valence-corrected chi connectivity index (χ4v) is 3.37. The molecule has 0 heterocycles. The van der Waals surface area contributed by atoms with Gasteiger partial charge in [0.1, 0.15) is 11.6 Å². The van der Waals surface area contributed by atoms with E-state index in [1.165, 1.54) is 7.11 Å². The van der Waals surface area contributed by atoms with Gasteiger partial charge in [0.2, 0.25) is 0 Å². The molecule has 0 radical (unpaired) electrons. The number of nitrogen functional groups attached to an aromatic ring is 1. The third-order valence-corrected chi connectivity index (χ3v) is 9.70. The summed E-state index contributed by atoms with van der Waals surface area (Å²) in [6, 6.07) is 4.73. The number of ether oxygens (including phenoxy) is 2. The van der Waals surface area contributed by atoms with Gasteiger partial charge < -0.3 is 25.0 Å². The molecule has 1 aromatic carbocycles. The van der Waals surface area contributed by atoms with Crippen LogP contribution in [-0.4, -0.2) is 39.1 Å². The van der Waals surface area contributed by atoms with E-state index in [2.05, 4.69) is 39.2 Å². The summed E-state index contributed by atoms with van der Waals surface area (Å²) in [4.78, 5) is 24.2. The number of rotatable bonds is 7. The summed E-state index contributed by atoms with van der Waals surface area (Å²) < 4.78 is 16.3. The summed E-state index contributed by atoms with van der Waals surface area (Å²) in [6.07, 6.45) is -0.489. The first-order chi connectivity index (χ1) is 13.6. The fraction of sp³-hybridized carbons (Fsp3) is 0.636. The number of hydrogen-bond donors (Lipinski definition) is 2. The first-order valence-corrected chi connectivity index (χ1v) is 13.0. The molecule has 0 spiro atoms. The lowest BCUT2D eigenvalue weighted by atomic mass is 10.0. The number of esters is 1. The maximum Gasteiger partial charge on any atom is 0.408 e. The van der Waals surface area contributed by atoms with Crippen molar-refractivity contribution in [1.82, 2.24) is 5.32 Å². The Kier molecular flexibility index (Phi) is 8.51. The normalized spacial score (nSPS) is 13.5. The van der Waals surface area contributed by atoms with Crippen molar-refractivity contribution in [1.29, 1.82) is 0 Å². The molecule has 7 nitrogen and oxygen atoms in total. The second-order valence-corrected chi connectivity index (χ2v) is 14.8. The summed E-state index contributed by atoms with van der Waals surface area (Å²) in [5.74, 6) is -0.564. The molecule has 3 N–H and O–H groups in total. The van der Waals surface area contributed by atoms with Crippen LogP contribution in [0.25, 0.3) is 0 Å². The number of alkyl carbamates (subject to hydrolysis) is 1. The van der Waals surface area contributed by atoms with E-state index in [-0.39, 0.29) is 11.5 Å². The first kappa shape index (κ1) is 26.0. The van der Waals surface area contributed by atoms with Crippen molar-refractivity contribution in [2.24, 2.45) is 0 Å². The molecular weight excluding hydrogens is 400 g/mol. The van der Waals surface area contributed by atoms with Gasteiger partial charge >= 0.3 is 12.1 Å². The number of nitrogens with two attached hydrogens (primary N) is 1. The Labute approximate surface area is 181 Å². The number of benzene rings is 1. The van der Waals surface area contributed by atoms with Gasteiger partial charge in [-0.2, -0.15) is 0 Å². The number of carbonyl (C=O) groups is 2. The highest BCUT2D eigenvalue weighted by molar-refractivity contribution is 6.74. The zero-order valence-corrected chi connectivity index (χ0v) is 20.8. The van der Waals surface area contributed by atoms with Gasteiger partial charge in [-0.3, -0.25) is 0 Å². The second-order valence-electron chi connectivity index (χ2n) is 10.0. The summed E-state index contributed by atoms with van der Waals surface area (Å²) in [5.41, 5.74) is 7.79. The Balaban J connectivity index is 2.89. The van der Waals surface area contributed by atoms with Gasteiger partial charge in [0.15, 0.2) is 8.32 Å². The molecule has 0 bridgehead atoms. The van der Waals surface area contributed by atoms with E-state index in [1.54, 1.807) is 20.8 Å². The van der Waals surface area contributed by atoms with Crippen molar-refractivity contribution in [3.8, 4) is 0 Å². The van der Waals surface area contributed by atoms with E-state index >= 15 is 0 Å². The van der Waals surface area contributed by atoms with Gasteiger partial charge in [0.05, 0.1) is 13.7 Å². The van der Waals surface area contributed by atoms with Gasteiger partial charge in [-0.15, -0.1) is 0 Å². The highest BCUT2D eigenvalue weighted by Crippen LogP contribution is 2.37. The summed E-state index contributed by atoms with van der Waals surface area (Å²) in [7, 11) is -0.592. The molecule has 1 amide bonds. The quantitative estimate of drug-likeness (QED) is 0.372. The molecule has 170 valence electrons. The molecule has 1 atom stereocenters. The van der Waals surface area contributed by atoms with E-state index in [1.807, 2.05) is 18.2 Å². The Morgan fingerprint density at radius 3 is 2.20 bits per heavy atom. The van der Waals surface area contributed by atoms with E-state index in [9.17, 15) is 9.59 Å². The number of anilines is 1. The number of hydrogen-bond acceptors (Lipinski definition) is 6. The zero-order chi connectivity index (χ0) is 23.3. The smallest absolute Gasteiger partial charge is 0.408 e. The van der Waals surface area contributed by atoms with Crippen LogP contribution in [0.3, 0.4) is 0 Å². The van der Waals surface area contributed by atoms with Gasteiger partial charge in [0, 0.05) is 12.1 Å². The van der Waals surface area contributed by atoms with E-state index in [0.717, 1.165) is 11.1 Å². The molecule has 8 heteroatoms. The van der Waals surface area contributed by atoms with Crippen LogP contribution in [0, 0.1) is 0 Å². The Hall–Kier alpha value is -2.06. The minimum Gasteiger partial charge on any atom is -0.467 e. The summed E-state index contributed by atoms with van der Waals surface area (Å²) >= 11 is 0. The number of nitrogens with one attached hydrogen (secondary N) is 1. The van der Waals surface area contributed by atoms with E-state index < -0.39 is 32.0 Å². The summed E-state index contributed by atoms with van der Waals surface area (Å²) in [5, 5.41) is 2.69. The van der Waals surface area contributed by atoms with Crippen LogP contribution in [-0.2, 0) is 31.7 Å². The number of carbonyl (C=O) groups excluding carboxylic acids is 2. The van der Waals surface area contributed by atoms with E-state index in [0.29, 0.717) is 12.3 Å². The topological polar surface area (TPSA) is 99.9 Å². The largest absolute Gasteiger partial charge is 0.467 e. The summed E-state index contributed by atoms with van der Waals surface area (Å²) in [6.45, 7) is 16.7. The standard InChI is InChI=1S/C22H38N2O5Si/c1-21(2,3)29-20(26)24-18(19(25)27-7)13-16-11-10-15(12-17(16)23)14-28-30(8,9)22(4,5)6/h10-12,18H,13-14,23H2,1-9H3,(H,24,26)/t18-/m1/s1. The lowest BCUT2D eigenvalue weighted by molar-refractivity contribution is -0.143. The average Bonchev–Trinajstić information content (AvgIpc) is 2.58. The van der Waals surface area contributed by atoms with Gasteiger partial charge in [-0.1, -0.05) is 32.9 Å². The van der Waals surface area contributed by atoms with Crippen molar-refractivity contribution in [3.63, 3.8) is 0 Å². The zero-order valence-electron chi connectivity index (χ0n) is 19.8. The third-order valence-electron chi connectivity index (χ3n) is 5.22. The van der Waals surface area contributed by atoms with Crippen LogP contribution < -0.4 is 11.1 Å². The van der Waals surface area contributed by atoms with Crippen LogP contribution in [0.4, 0.5) is 10.5 Å².